The number of rotatable bonds is 3. The second-order valence-corrected chi connectivity index (χ2v) is 10.5. The molecule has 2 N–H and O–H groups in total. The number of phenolic OH excluding ortho intramolecular Hbond substituents is 2. The van der Waals surface area contributed by atoms with Crippen molar-refractivity contribution in [1.29, 1.82) is 0 Å². The van der Waals surface area contributed by atoms with Crippen LogP contribution in [-0.2, 0) is 0 Å². The van der Waals surface area contributed by atoms with Gasteiger partial charge in [0.1, 0.15) is 21.2 Å². The van der Waals surface area contributed by atoms with Crippen molar-refractivity contribution in [3.05, 3.63) is 69.7 Å². The van der Waals surface area contributed by atoms with Crippen molar-refractivity contribution in [2.24, 2.45) is 5.92 Å². The summed E-state index contributed by atoms with van der Waals surface area (Å²) in [5.41, 5.74) is 1.73. The first-order valence-corrected chi connectivity index (χ1v) is 10.7. The van der Waals surface area contributed by atoms with E-state index >= 15 is 0 Å². The van der Waals surface area contributed by atoms with Crippen LogP contribution in [0.3, 0.4) is 0 Å². The van der Waals surface area contributed by atoms with Crippen LogP contribution in [0.25, 0.3) is 0 Å². The fourth-order valence-electron chi connectivity index (χ4n) is 4.32. The molecule has 3 atom stereocenters. The van der Waals surface area contributed by atoms with Crippen molar-refractivity contribution in [1.82, 2.24) is 0 Å². The summed E-state index contributed by atoms with van der Waals surface area (Å²) in [6, 6.07) is 13.5. The Hall–Kier alpha value is -0.480. The van der Waals surface area contributed by atoms with Crippen molar-refractivity contribution in [3.8, 4) is 11.5 Å². The van der Waals surface area contributed by atoms with Crippen molar-refractivity contribution in [2.45, 2.75) is 26.4 Å². The molecule has 28 heavy (non-hydrogen) atoms. The van der Waals surface area contributed by atoms with E-state index in [2.05, 4.69) is 0 Å². The van der Waals surface area contributed by atoms with Gasteiger partial charge >= 0.3 is 0 Å². The zero-order chi connectivity index (χ0) is 20.5. The average molecular weight is 499 g/mol. The molecule has 2 aromatic carbocycles. The predicted molar refractivity (Wildman–Crippen MR) is 117 cm³/mol. The predicted octanol–water partition coefficient (Wildman–Crippen LogP) is 7.08. The van der Waals surface area contributed by atoms with E-state index in [9.17, 15) is 10.2 Å². The van der Waals surface area contributed by atoms with Gasteiger partial charge in [-0.3, -0.25) is 0 Å². The Morgan fingerprint density at radius 3 is 1.54 bits per heavy atom. The molecular formula is C20H14Cl6O2. The van der Waals surface area contributed by atoms with Crippen molar-refractivity contribution in [2.75, 3.05) is 0 Å². The Morgan fingerprint density at radius 2 is 1.18 bits per heavy atom. The molecule has 2 nitrogen and oxygen atoms in total. The number of benzene rings is 2. The van der Waals surface area contributed by atoms with Crippen LogP contribution in [-0.4, -0.2) is 24.3 Å². The van der Waals surface area contributed by atoms with Gasteiger partial charge in [-0.1, -0.05) is 70.7 Å². The van der Waals surface area contributed by atoms with Crippen LogP contribution < -0.4 is 0 Å². The van der Waals surface area contributed by atoms with E-state index < -0.39 is 20.0 Å². The normalized spacial score (nSPS) is 31.0. The van der Waals surface area contributed by atoms with Crippen LogP contribution in [0.15, 0.2) is 58.6 Å². The van der Waals surface area contributed by atoms with Gasteiger partial charge in [0, 0.05) is 5.92 Å². The molecule has 1 fully saturated rings. The molecule has 1 saturated carbocycles. The highest BCUT2D eigenvalue weighted by molar-refractivity contribution is 6.65. The summed E-state index contributed by atoms with van der Waals surface area (Å²) in [6.07, 6.45) is 0.298. The molecule has 0 spiro atoms. The van der Waals surface area contributed by atoms with Crippen LogP contribution in [0.1, 0.15) is 23.5 Å². The van der Waals surface area contributed by atoms with Crippen LogP contribution in [0, 0.1) is 5.92 Å². The molecule has 2 aliphatic carbocycles. The molecule has 8 heteroatoms. The number of hydrogen-bond acceptors (Lipinski definition) is 2. The summed E-state index contributed by atoms with van der Waals surface area (Å²) in [5.74, 6) is -0.429. The van der Waals surface area contributed by atoms with Gasteiger partial charge in [0.25, 0.3) is 0 Å². The Balaban J connectivity index is 1.91. The summed E-state index contributed by atoms with van der Waals surface area (Å²) in [4.78, 5) is -2.72. The fraction of sp³-hybridized carbons (Fsp3) is 0.300. The highest BCUT2D eigenvalue weighted by atomic mass is 35.5. The molecule has 2 bridgehead atoms. The number of halogens is 6. The summed E-state index contributed by atoms with van der Waals surface area (Å²) in [7, 11) is 0. The van der Waals surface area contributed by atoms with Gasteiger partial charge in [0.05, 0.1) is 10.1 Å². The molecule has 148 valence electrons. The molecule has 2 aromatic rings. The van der Waals surface area contributed by atoms with E-state index in [1.54, 1.807) is 48.5 Å². The van der Waals surface area contributed by atoms with Gasteiger partial charge in [-0.05, 0) is 47.7 Å². The molecule has 0 radical (unpaired) electrons. The van der Waals surface area contributed by atoms with E-state index in [0.717, 1.165) is 11.1 Å². The second kappa shape index (κ2) is 6.77. The third-order valence-corrected chi connectivity index (χ3v) is 10.0. The number of allylic oxidation sites excluding steroid dienone is 2. The van der Waals surface area contributed by atoms with Crippen LogP contribution in [0.2, 0.25) is 0 Å². The molecule has 0 aromatic heterocycles. The Kier molecular flexibility index (Phi) is 5.02. The van der Waals surface area contributed by atoms with Gasteiger partial charge in [0.15, 0.2) is 4.33 Å². The van der Waals surface area contributed by atoms with Gasteiger partial charge in [-0.2, -0.15) is 0 Å². The Morgan fingerprint density at radius 1 is 0.750 bits per heavy atom. The Bertz CT molecular complexity index is 910. The summed E-state index contributed by atoms with van der Waals surface area (Å²) in [6.45, 7) is 0. The second-order valence-electron chi connectivity index (χ2n) is 7.19. The minimum Gasteiger partial charge on any atom is -0.508 e. The van der Waals surface area contributed by atoms with Gasteiger partial charge in [0.2, 0.25) is 0 Å². The van der Waals surface area contributed by atoms with E-state index in [4.69, 9.17) is 69.6 Å². The monoisotopic (exact) mass is 496 g/mol. The first kappa shape index (κ1) is 20.8. The molecule has 0 heterocycles. The molecule has 3 unspecified atom stereocenters. The van der Waals surface area contributed by atoms with Crippen LogP contribution in [0.4, 0.5) is 0 Å². The van der Waals surface area contributed by atoms with E-state index in [-0.39, 0.29) is 27.5 Å². The number of fused-ring (bicyclic) bond motifs is 2. The Labute approximate surface area is 192 Å². The molecular weight excluding hydrogens is 485 g/mol. The van der Waals surface area contributed by atoms with Crippen LogP contribution in [0.5, 0.6) is 11.5 Å². The van der Waals surface area contributed by atoms with Gasteiger partial charge < -0.3 is 10.2 Å². The third-order valence-electron chi connectivity index (χ3n) is 5.73. The minimum atomic E-state index is -1.62. The van der Waals surface area contributed by atoms with E-state index in [0.29, 0.717) is 6.42 Å². The lowest BCUT2D eigenvalue weighted by Gasteiger charge is -2.38. The maximum absolute atomic E-state index is 9.70. The highest BCUT2D eigenvalue weighted by Gasteiger charge is 2.79. The van der Waals surface area contributed by atoms with Crippen molar-refractivity contribution in [3.63, 3.8) is 0 Å². The number of phenols is 2. The van der Waals surface area contributed by atoms with Gasteiger partial charge in [-0.25, -0.2) is 0 Å². The fourth-order valence-corrected chi connectivity index (χ4v) is 7.15. The standard InChI is InChI=1S/C20H14Cl6O2/c21-16-17(22)19(24)14(9-18(16,23)20(19,25)26)15(10-1-5-12(27)6-2-10)11-3-7-13(28)8-4-11/h1-8,14-15,27-28H,9H2. The highest BCUT2D eigenvalue weighted by Crippen LogP contribution is 2.76. The lowest BCUT2D eigenvalue weighted by Crippen LogP contribution is -2.45. The van der Waals surface area contributed by atoms with E-state index in [1.807, 2.05) is 0 Å². The third kappa shape index (κ3) is 2.62. The van der Waals surface area contributed by atoms with Crippen molar-refractivity contribution >= 4 is 69.6 Å². The zero-order valence-corrected chi connectivity index (χ0v) is 18.7. The first-order chi connectivity index (χ1) is 13.0. The van der Waals surface area contributed by atoms with Gasteiger partial charge in [-0.15, -0.1) is 23.2 Å². The number of aromatic hydroxyl groups is 2. The van der Waals surface area contributed by atoms with Crippen molar-refractivity contribution < 1.29 is 10.2 Å². The van der Waals surface area contributed by atoms with Crippen LogP contribution >= 0.6 is 69.6 Å². The first-order valence-electron chi connectivity index (χ1n) is 8.44. The quantitative estimate of drug-likeness (QED) is 0.444. The smallest absolute Gasteiger partial charge is 0.166 e. The summed E-state index contributed by atoms with van der Waals surface area (Å²) >= 11 is 40.1. The number of alkyl halides is 4. The maximum Gasteiger partial charge on any atom is 0.166 e. The summed E-state index contributed by atoms with van der Waals surface area (Å²) < 4.78 is -1.62. The maximum atomic E-state index is 9.70. The number of hydrogen-bond donors (Lipinski definition) is 2. The molecule has 2 aliphatic rings. The van der Waals surface area contributed by atoms with E-state index in [1.165, 1.54) is 0 Å². The molecule has 4 rings (SSSR count). The molecule has 0 amide bonds. The minimum absolute atomic E-state index is 0.139. The summed E-state index contributed by atoms with van der Waals surface area (Å²) in [5, 5.41) is 19.7. The SMILES string of the molecule is Oc1ccc(C(c2ccc(O)cc2)C2CC3(Cl)C(Cl)=C(Cl)C2(Cl)C3(Cl)Cl)cc1. The zero-order valence-electron chi connectivity index (χ0n) is 14.1. The molecule has 0 saturated heterocycles. The topological polar surface area (TPSA) is 40.5 Å². The average Bonchev–Trinajstić information content (AvgIpc) is 2.87. The largest absolute Gasteiger partial charge is 0.508 e. The lowest BCUT2D eigenvalue weighted by atomic mass is 9.74. The lowest BCUT2D eigenvalue weighted by molar-refractivity contribution is 0.413. The molecule has 0 aliphatic heterocycles.